The van der Waals surface area contributed by atoms with E-state index in [2.05, 4.69) is 46.6 Å². The van der Waals surface area contributed by atoms with Gasteiger partial charge in [0.2, 0.25) is 11.9 Å². The molecule has 0 unspecified atom stereocenters. The molecule has 0 radical (unpaired) electrons. The van der Waals surface area contributed by atoms with E-state index in [1.165, 1.54) is 11.1 Å². The minimum absolute atomic E-state index is 0.0165. The first-order chi connectivity index (χ1) is 13.1. The molecule has 0 fully saturated rings. The van der Waals surface area contributed by atoms with Crippen LogP contribution in [0.25, 0.3) is 0 Å². The lowest BCUT2D eigenvalue weighted by atomic mass is 9.93. The predicted octanol–water partition coefficient (Wildman–Crippen LogP) is 3.33. The molecule has 2 heterocycles. The zero-order chi connectivity index (χ0) is 19.0. The summed E-state index contributed by atoms with van der Waals surface area (Å²) >= 11 is 0. The lowest BCUT2D eigenvalue weighted by molar-refractivity contribution is 0.352. The van der Waals surface area contributed by atoms with Crippen LogP contribution in [0, 0.1) is 6.92 Å². The number of hydrogen-bond donors (Lipinski definition) is 2. The number of aryl methyl sites for hydroxylation is 1. The Morgan fingerprint density at radius 2 is 1.74 bits per heavy atom. The summed E-state index contributed by atoms with van der Waals surface area (Å²) in [5, 5.41) is 7.86. The summed E-state index contributed by atoms with van der Waals surface area (Å²) in [6.07, 6.45) is 0.814. The van der Waals surface area contributed by atoms with E-state index in [9.17, 15) is 0 Å². The van der Waals surface area contributed by atoms with E-state index in [1.807, 2.05) is 22.9 Å². The van der Waals surface area contributed by atoms with Gasteiger partial charge in [-0.1, -0.05) is 35.9 Å². The van der Waals surface area contributed by atoms with Gasteiger partial charge in [-0.2, -0.15) is 4.98 Å². The summed E-state index contributed by atoms with van der Waals surface area (Å²) in [4.78, 5) is 4.36. The Hall–Kier alpha value is -3.22. The molecule has 0 aliphatic carbocycles. The molecule has 1 aromatic heterocycles. The van der Waals surface area contributed by atoms with E-state index >= 15 is 0 Å². The molecular formula is C20H23N5O2. The zero-order valence-corrected chi connectivity index (χ0v) is 15.6. The molecule has 7 heteroatoms. The van der Waals surface area contributed by atoms with Gasteiger partial charge in [-0.3, -0.25) is 0 Å². The first kappa shape index (κ1) is 17.2. The molecule has 1 aliphatic rings. The minimum atomic E-state index is -0.0165. The van der Waals surface area contributed by atoms with Crippen LogP contribution in [0.15, 0.2) is 42.5 Å². The summed E-state index contributed by atoms with van der Waals surface area (Å²) in [5.74, 6) is 2.32. The van der Waals surface area contributed by atoms with Gasteiger partial charge < -0.3 is 20.5 Å². The van der Waals surface area contributed by atoms with E-state index < -0.39 is 0 Å². The Kier molecular flexibility index (Phi) is 4.35. The number of nitrogen functional groups attached to an aromatic ring is 1. The highest BCUT2D eigenvalue weighted by atomic mass is 16.5. The number of methoxy groups -OCH3 is 2. The van der Waals surface area contributed by atoms with Crippen LogP contribution in [0.4, 0.5) is 11.9 Å². The van der Waals surface area contributed by atoms with Crippen molar-refractivity contribution in [3.8, 4) is 11.5 Å². The summed E-state index contributed by atoms with van der Waals surface area (Å²) in [7, 11) is 3.27. The number of nitrogens with zero attached hydrogens (tertiary/aromatic N) is 3. The maximum absolute atomic E-state index is 5.88. The van der Waals surface area contributed by atoms with Gasteiger partial charge >= 0.3 is 0 Å². The third-order valence-electron chi connectivity index (χ3n) is 4.98. The van der Waals surface area contributed by atoms with Gasteiger partial charge in [0.25, 0.3) is 0 Å². The number of rotatable bonds is 4. The molecule has 2 atom stereocenters. The number of nitrogens with two attached hydrogens (primary N) is 1. The lowest BCUT2D eigenvalue weighted by Gasteiger charge is -2.32. The van der Waals surface area contributed by atoms with Crippen LogP contribution in [0.5, 0.6) is 11.5 Å². The van der Waals surface area contributed by atoms with Crippen molar-refractivity contribution in [2.45, 2.75) is 25.4 Å². The number of hydrogen-bond acceptors (Lipinski definition) is 6. The molecule has 0 spiro atoms. The molecule has 1 aliphatic heterocycles. The first-order valence-corrected chi connectivity index (χ1v) is 8.86. The maximum atomic E-state index is 5.88. The number of benzene rings is 2. The van der Waals surface area contributed by atoms with Gasteiger partial charge in [0.1, 0.15) is 0 Å². The van der Waals surface area contributed by atoms with Crippen LogP contribution in [0.2, 0.25) is 0 Å². The topological polar surface area (TPSA) is 87.2 Å². The quantitative estimate of drug-likeness (QED) is 0.737. The molecule has 0 bridgehead atoms. The van der Waals surface area contributed by atoms with Crippen molar-refractivity contribution in [2.75, 3.05) is 25.3 Å². The Bertz CT molecular complexity index is 952. The second-order valence-electron chi connectivity index (χ2n) is 6.71. The standard InChI is InChI=1S/C20H23N5O2/c1-12-4-6-13(7-5-12)15-11-16(25-20(22-15)23-19(21)24-25)14-8-9-17(26-2)18(10-14)27-3/h4-10,15-16H,11H2,1-3H3,(H3,21,22,23,24)/t15-,16-/m0/s1. The molecule has 3 N–H and O–H groups in total. The Morgan fingerprint density at radius 1 is 1.04 bits per heavy atom. The molecule has 0 saturated carbocycles. The smallest absolute Gasteiger partial charge is 0.241 e. The van der Waals surface area contributed by atoms with Crippen molar-refractivity contribution in [3.05, 3.63) is 59.2 Å². The summed E-state index contributed by atoms with van der Waals surface area (Å²) < 4.78 is 12.7. The Morgan fingerprint density at radius 3 is 2.44 bits per heavy atom. The monoisotopic (exact) mass is 365 g/mol. The van der Waals surface area contributed by atoms with Gasteiger partial charge in [0, 0.05) is 0 Å². The fourth-order valence-electron chi connectivity index (χ4n) is 3.55. The zero-order valence-electron chi connectivity index (χ0n) is 15.6. The van der Waals surface area contributed by atoms with E-state index in [1.54, 1.807) is 14.2 Å². The SMILES string of the molecule is COc1ccc([C@@H]2C[C@@H](c3ccc(C)cc3)Nc3nc(N)nn32)cc1OC. The van der Waals surface area contributed by atoms with Crippen LogP contribution in [0.3, 0.4) is 0 Å². The summed E-state index contributed by atoms with van der Waals surface area (Å²) in [6, 6.07) is 14.6. The van der Waals surface area contributed by atoms with Crippen LogP contribution in [-0.4, -0.2) is 29.0 Å². The molecule has 4 rings (SSSR count). The average Bonchev–Trinajstić information content (AvgIpc) is 3.07. The predicted molar refractivity (Wildman–Crippen MR) is 104 cm³/mol. The Labute approximate surface area is 158 Å². The molecule has 27 heavy (non-hydrogen) atoms. The van der Waals surface area contributed by atoms with Crippen LogP contribution >= 0.6 is 0 Å². The highest BCUT2D eigenvalue weighted by Gasteiger charge is 2.31. The van der Waals surface area contributed by atoms with Crippen molar-refractivity contribution in [3.63, 3.8) is 0 Å². The van der Waals surface area contributed by atoms with Crippen molar-refractivity contribution in [1.82, 2.24) is 14.8 Å². The van der Waals surface area contributed by atoms with Crippen molar-refractivity contribution < 1.29 is 9.47 Å². The molecule has 2 aromatic carbocycles. The van der Waals surface area contributed by atoms with Crippen molar-refractivity contribution in [2.24, 2.45) is 0 Å². The highest BCUT2D eigenvalue weighted by Crippen LogP contribution is 2.40. The third-order valence-corrected chi connectivity index (χ3v) is 4.98. The van der Waals surface area contributed by atoms with Crippen molar-refractivity contribution >= 4 is 11.9 Å². The second kappa shape index (κ2) is 6.83. The number of aromatic nitrogens is 3. The fraction of sp³-hybridized carbons (Fsp3) is 0.300. The molecule has 140 valence electrons. The number of fused-ring (bicyclic) bond motifs is 1. The number of nitrogens with one attached hydrogen (secondary N) is 1. The normalized spacial score (nSPS) is 18.5. The molecule has 0 saturated heterocycles. The average molecular weight is 365 g/mol. The Balaban J connectivity index is 1.75. The van der Waals surface area contributed by atoms with Gasteiger partial charge in [-0.25, -0.2) is 4.68 Å². The summed E-state index contributed by atoms with van der Waals surface area (Å²) in [5.41, 5.74) is 9.39. The van der Waals surface area contributed by atoms with E-state index in [0.29, 0.717) is 17.4 Å². The van der Waals surface area contributed by atoms with E-state index in [0.717, 1.165) is 12.0 Å². The fourth-order valence-corrected chi connectivity index (χ4v) is 3.55. The van der Waals surface area contributed by atoms with E-state index in [-0.39, 0.29) is 18.0 Å². The van der Waals surface area contributed by atoms with Crippen LogP contribution in [0.1, 0.15) is 35.2 Å². The highest BCUT2D eigenvalue weighted by molar-refractivity contribution is 5.47. The van der Waals surface area contributed by atoms with Crippen LogP contribution < -0.4 is 20.5 Å². The largest absolute Gasteiger partial charge is 0.493 e. The van der Waals surface area contributed by atoms with Crippen LogP contribution in [-0.2, 0) is 0 Å². The third kappa shape index (κ3) is 3.16. The number of ether oxygens (including phenoxy) is 2. The van der Waals surface area contributed by atoms with Gasteiger partial charge in [0.15, 0.2) is 11.5 Å². The maximum Gasteiger partial charge on any atom is 0.241 e. The molecule has 3 aromatic rings. The molecule has 7 nitrogen and oxygen atoms in total. The first-order valence-electron chi connectivity index (χ1n) is 8.86. The lowest BCUT2D eigenvalue weighted by Crippen LogP contribution is -2.28. The van der Waals surface area contributed by atoms with Gasteiger partial charge in [0.05, 0.1) is 26.3 Å². The van der Waals surface area contributed by atoms with Crippen molar-refractivity contribution in [1.29, 1.82) is 0 Å². The minimum Gasteiger partial charge on any atom is -0.493 e. The molecular weight excluding hydrogens is 342 g/mol. The van der Waals surface area contributed by atoms with Gasteiger partial charge in [-0.15, -0.1) is 5.10 Å². The van der Waals surface area contributed by atoms with E-state index in [4.69, 9.17) is 15.2 Å². The van der Waals surface area contributed by atoms with Gasteiger partial charge in [-0.05, 0) is 36.6 Å². The molecule has 0 amide bonds. The summed E-state index contributed by atoms with van der Waals surface area (Å²) in [6.45, 7) is 2.09. The second-order valence-corrected chi connectivity index (χ2v) is 6.71. The number of anilines is 2.